The fourth-order valence-corrected chi connectivity index (χ4v) is 0. The predicted molar refractivity (Wildman–Crippen MR) is 16.4 cm³/mol. The Kier molecular flexibility index (Phi) is 252. The third kappa shape index (κ3) is 27.5. The van der Waals surface area contributed by atoms with Crippen LogP contribution in [0.25, 0.3) is 0 Å². The van der Waals surface area contributed by atoms with Crippen LogP contribution in [0.15, 0.2) is 0 Å². The Morgan fingerprint density at radius 2 is 0.833 bits per heavy atom. The first-order chi connectivity index (χ1) is 1.00. The van der Waals surface area contributed by atoms with Gasteiger partial charge in [-0.15, -0.1) is 0 Å². The maximum absolute atomic E-state index is 3.78. The van der Waals surface area contributed by atoms with Gasteiger partial charge in [0.25, 0.3) is 0 Å². The van der Waals surface area contributed by atoms with Gasteiger partial charge in [-0.05, 0) is 0 Å². The van der Waals surface area contributed by atoms with Crippen LogP contribution in [-0.4, -0.2) is 0 Å². The summed E-state index contributed by atoms with van der Waals surface area (Å²) in [6.45, 7) is 0. The molecule has 44 valence electrons. The van der Waals surface area contributed by atoms with Gasteiger partial charge in [-0.1, -0.05) is 0 Å². The summed E-state index contributed by atoms with van der Waals surface area (Å²) in [6.07, 6.45) is 0. The Labute approximate surface area is 97.5 Å². The Bertz CT molecular complexity index is 9.51. The molecule has 0 aliphatic carbocycles. The zero-order valence-corrected chi connectivity index (χ0v) is 10.1. The van der Waals surface area contributed by atoms with Crippen LogP contribution in [0.3, 0.4) is 0 Å². The summed E-state index contributed by atoms with van der Waals surface area (Å²) in [4.78, 5) is 0. The molecule has 0 aromatic carbocycles. The molecule has 0 fully saturated rings. The van der Waals surface area contributed by atoms with Crippen molar-refractivity contribution >= 4 is 23.3 Å². The minimum absolute atomic E-state index is 0. The molecule has 0 spiro atoms. The van der Waals surface area contributed by atoms with Gasteiger partial charge in [-0.25, -0.2) is 0 Å². The molecule has 0 saturated heterocycles. The van der Waals surface area contributed by atoms with Crippen LogP contribution in [0.4, 0.5) is 0 Å². The Balaban J connectivity index is -0.000000000833. The molecule has 0 saturated carbocycles. The first kappa shape index (κ1) is 35.6. The molecule has 0 unspecified atom stereocenters. The van der Waals surface area contributed by atoms with Crippen molar-refractivity contribution in [2.24, 2.45) is 0 Å². The number of hydrogen-bond donors (Lipinski definition) is 1. The van der Waals surface area contributed by atoms with Crippen LogP contribution in [-0.2, 0) is 87.3 Å². The molecule has 0 aromatic rings. The van der Waals surface area contributed by atoms with Crippen molar-refractivity contribution in [2.75, 3.05) is 0 Å². The molecule has 2 radical (unpaired) electrons. The fraction of sp³-hybridized carbons (Fsp3) is 0. The normalized spacial score (nSPS) is 1.00. The van der Waals surface area contributed by atoms with Crippen molar-refractivity contribution in [1.82, 2.24) is 0 Å². The number of hydrogen-bond acceptors (Lipinski definition) is 2. The zero-order chi connectivity index (χ0) is 2.00. The van der Waals surface area contributed by atoms with E-state index in [2.05, 4.69) is 23.3 Å². The first-order valence-electron chi connectivity index (χ1n) is 0.183. The molecule has 0 bridgehead atoms. The first-order valence-corrected chi connectivity index (χ1v) is 1.64. The van der Waals surface area contributed by atoms with E-state index in [0.717, 1.165) is 0 Å². The molecule has 0 N–H and O–H groups in total. The van der Waals surface area contributed by atoms with E-state index < -0.39 is 0 Å². The van der Waals surface area contributed by atoms with E-state index in [4.69, 9.17) is 0 Å². The maximum Gasteiger partial charge on any atom is 0 e. The molecule has 0 nitrogen and oxygen atoms in total. The average molecular weight is 375 g/mol. The minimum atomic E-state index is 0. The molecule has 0 aliphatic rings. The standard InChI is InChI=1S/2Co.2Mo.H2S2/c;;;;1-2/h;;;;1-2H/p-1. The van der Waals surface area contributed by atoms with Crippen molar-refractivity contribution in [2.45, 2.75) is 0 Å². The topological polar surface area (TPSA) is 0 Å². The molecular formula is HCo2Mo2S2-. The van der Waals surface area contributed by atoms with E-state index in [-0.39, 0.29) is 75.7 Å². The summed E-state index contributed by atoms with van der Waals surface area (Å²) >= 11 is 6.89. The molecule has 0 rings (SSSR count). The van der Waals surface area contributed by atoms with Gasteiger partial charge in [0.15, 0.2) is 0 Å². The second-order valence-electron chi connectivity index (χ2n) is 0. The monoisotopic (exact) mass is 379 g/mol. The van der Waals surface area contributed by atoms with Crippen LogP contribution in [0.5, 0.6) is 0 Å². The Morgan fingerprint density at radius 1 is 0.833 bits per heavy atom. The van der Waals surface area contributed by atoms with E-state index in [0.29, 0.717) is 0 Å². The van der Waals surface area contributed by atoms with Crippen molar-refractivity contribution in [1.29, 1.82) is 0 Å². The van der Waals surface area contributed by atoms with E-state index in [1.165, 1.54) is 0 Å². The minimum Gasteiger partial charge on any atom is -0.723 e. The number of rotatable bonds is 0. The van der Waals surface area contributed by atoms with Gasteiger partial charge >= 0.3 is 0 Å². The molecule has 0 aliphatic heterocycles. The van der Waals surface area contributed by atoms with Crippen LogP contribution in [0, 0.1) is 0 Å². The van der Waals surface area contributed by atoms with Gasteiger partial charge in [0.2, 0.25) is 0 Å². The van der Waals surface area contributed by atoms with Gasteiger partial charge in [0.1, 0.15) is 0 Å². The molecule has 6 heteroatoms. The predicted octanol–water partition coefficient (Wildman–Crippen LogP) is 0.368. The maximum atomic E-state index is 3.78. The summed E-state index contributed by atoms with van der Waals surface area (Å²) < 4.78 is 0. The summed E-state index contributed by atoms with van der Waals surface area (Å²) in [5, 5.41) is 0. The second kappa shape index (κ2) is 42.6. The fourth-order valence-electron chi connectivity index (χ4n) is 0. The largest absolute Gasteiger partial charge is 0.723 e. The Hall–Kier alpha value is 3.09. The summed E-state index contributed by atoms with van der Waals surface area (Å²) in [5.74, 6) is 0. The van der Waals surface area contributed by atoms with Crippen molar-refractivity contribution in [3.8, 4) is 0 Å². The molecular weight excluding hydrogens is 374 g/mol. The molecule has 0 aromatic heterocycles. The molecule has 0 heterocycles. The zero-order valence-electron chi connectivity index (χ0n) is 2.34. The summed E-state index contributed by atoms with van der Waals surface area (Å²) in [6, 6.07) is 0. The average Bonchev–Trinajstić information content (AvgIpc) is 1.00. The van der Waals surface area contributed by atoms with E-state index in [9.17, 15) is 0 Å². The van der Waals surface area contributed by atoms with Crippen LogP contribution >= 0.6 is 11.7 Å². The molecule has 0 amide bonds. The van der Waals surface area contributed by atoms with Gasteiger partial charge in [-0.3, -0.25) is 0 Å². The van der Waals surface area contributed by atoms with E-state index in [1.807, 2.05) is 0 Å². The van der Waals surface area contributed by atoms with Crippen LogP contribution in [0.2, 0.25) is 0 Å². The second-order valence-corrected chi connectivity index (χ2v) is 0. The smallest absolute Gasteiger partial charge is 0 e. The number of thiol groups is 1. The van der Waals surface area contributed by atoms with Crippen LogP contribution in [0.1, 0.15) is 0 Å². The van der Waals surface area contributed by atoms with Gasteiger partial charge in [-0.2, -0.15) is 0 Å². The van der Waals surface area contributed by atoms with Crippen molar-refractivity contribution < 1.29 is 75.7 Å². The molecule has 0 atom stereocenters. The van der Waals surface area contributed by atoms with Gasteiger partial charge < -0.3 is 23.3 Å². The third-order valence-electron chi connectivity index (χ3n) is 0. The third-order valence-corrected chi connectivity index (χ3v) is 0. The molecule has 6 heavy (non-hydrogen) atoms. The SMILES string of the molecule is [Co].[Co].[Mo].[Mo].[S-]S. The van der Waals surface area contributed by atoms with Gasteiger partial charge in [0.05, 0.1) is 0 Å². The van der Waals surface area contributed by atoms with Crippen molar-refractivity contribution in [3.63, 3.8) is 0 Å². The van der Waals surface area contributed by atoms with E-state index in [1.54, 1.807) is 0 Å². The van der Waals surface area contributed by atoms with E-state index >= 15 is 0 Å². The Morgan fingerprint density at radius 3 is 0.833 bits per heavy atom. The van der Waals surface area contributed by atoms with Gasteiger partial charge in [0, 0.05) is 75.7 Å². The van der Waals surface area contributed by atoms with Crippen LogP contribution < -0.4 is 0 Å². The van der Waals surface area contributed by atoms with Crippen molar-refractivity contribution in [3.05, 3.63) is 0 Å². The quantitative estimate of drug-likeness (QED) is 0.277. The summed E-state index contributed by atoms with van der Waals surface area (Å²) in [7, 11) is 0. The summed E-state index contributed by atoms with van der Waals surface area (Å²) in [5.41, 5.74) is 0.